The lowest BCUT2D eigenvalue weighted by Gasteiger charge is -2.31. The molecule has 2 aromatic carbocycles. The van der Waals surface area contributed by atoms with Crippen molar-refractivity contribution in [3.63, 3.8) is 0 Å². The van der Waals surface area contributed by atoms with Gasteiger partial charge in [0.15, 0.2) is 0 Å². The van der Waals surface area contributed by atoms with Gasteiger partial charge in [0.2, 0.25) is 11.8 Å². The second kappa shape index (κ2) is 14.0. The molecule has 296 valence electrons. The Labute approximate surface area is 330 Å². The van der Waals surface area contributed by atoms with Crippen LogP contribution < -0.4 is 10.6 Å². The highest BCUT2D eigenvalue weighted by atomic mass is 16.5. The van der Waals surface area contributed by atoms with Crippen LogP contribution in [0.25, 0.3) is 22.3 Å². The number of aryl methyl sites for hydroxylation is 2. The summed E-state index contributed by atoms with van der Waals surface area (Å²) in [7, 11) is 1.30. The van der Waals surface area contributed by atoms with E-state index in [0.717, 1.165) is 83.5 Å². The number of alkyl carbamates (subject to hydrolysis) is 1. The van der Waals surface area contributed by atoms with Gasteiger partial charge in [-0.2, -0.15) is 0 Å². The number of ether oxygens (including phenoxy) is 1. The fourth-order valence-electron chi connectivity index (χ4n) is 9.47. The fourth-order valence-corrected chi connectivity index (χ4v) is 9.47. The van der Waals surface area contributed by atoms with E-state index >= 15 is 0 Å². The van der Waals surface area contributed by atoms with E-state index in [0.29, 0.717) is 17.7 Å². The van der Waals surface area contributed by atoms with Gasteiger partial charge in [-0.15, -0.1) is 0 Å². The number of hydrogen-bond donors (Lipinski definition) is 5. The number of piperidine rings is 2. The number of H-pyrrole nitrogens is 2. The molecule has 9 rings (SSSR count). The van der Waals surface area contributed by atoms with Crippen LogP contribution in [0.2, 0.25) is 0 Å². The minimum Gasteiger partial charge on any atom is -0.465 e. The molecule has 4 fully saturated rings. The molecule has 2 saturated heterocycles. The summed E-state index contributed by atoms with van der Waals surface area (Å²) in [6, 6.07) is 10.5. The van der Waals surface area contributed by atoms with Crippen molar-refractivity contribution in [2.45, 2.75) is 102 Å². The first kappa shape index (κ1) is 36.8. The highest BCUT2D eigenvalue weighted by molar-refractivity contribution is 5.88. The molecular formula is C43H48N8O6. The molecule has 2 aromatic heterocycles. The van der Waals surface area contributed by atoms with Crippen molar-refractivity contribution in [3.05, 3.63) is 70.4 Å². The van der Waals surface area contributed by atoms with Crippen molar-refractivity contribution in [2.24, 2.45) is 23.7 Å². The van der Waals surface area contributed by atoms with Crippen molar-refractivity contribution in [1.29, 1.82) is 0 Å². The molecule has 14 heteroatoms. The van der Waals surface area contributed by atoms with E-state index in [1.165, 1.54) is 12.7 Å². The number of carboxylic acid groups (broad SMARTS) is 1. The molecule has 2 aliphatic heterocycles. The summed E-state index contributed by atoms with van der Waals surface area (Å²) in [5.41, 5.74) is 7.59. The van der Waals surface area contributed by atoms with Gasteiger partial charge in [-0.3, -0.25) is 9.59 Å². The molecule has 0 unspecified atom stereocenters. The van der Waals surface area contributed by atoms with E-state index in [4.69, 9.17) is 14.7 Å². The summed E-state index contributed by atoms with van der Waals surface area (Å²) in [5.74, 6) is 8.46. The Kier molecular flexibility index (Phi) is 9.01. The summed E-state index contributed by atoms with van der Waals surface area (Å²) in [5, 5.41) is 14.6. The zero-order valence-electron chi connectivity index (χ0n) is 32.8. The summed E-state index contributed by atoms with van der Waals surface area (Å²) in [4.78, 5) is 72.0. The molecular weight excluding hydrogens is 725 g/mol. The van der Waals surface area contributed by atoms with Crippen LogP contribution in [0.4, 0.5) is 9.59 Å². The van der Waals surface area contributed by atoms with Crippen molar-refractivity contribution >= 4 is 35.0 Å². The Morgan fingerprint density at radius 3 is 2.00 bits per heavy atom. The van der Waals surface area contributed by atoms with Gasteiger partial charge in [0, 0.05) is 34.5 Å². The van der Waals surface area contributed by atoms with Gasteiger partial charge in [0.25, 0.3) is 0 Å². The third-order valence-corrected chi connectivity index (χ3v) is 12.6. The summed E-state index contributed by atoms with van der Waals surface area (Å²) >= 11 is 0. The number of nitrogens with zero attached hydrogens (tertiary/aromatic N) is 4. The number of benzene rings is 2. The number of carbonyl (C=O) groups is 4. The Bertz CT molecular complexity index is 2370. The number of imidazole rings is 2. The van der Waals surface area contributed by atoms with Gasteiger partial charge in [0.05, 0.1) is 35.9 Å². The van der Waals surface area contributed by atoms with Gasteiger partial charge in [-0.05, 0) is 98.1 Å². The zero-order chi connectivity index (χ0) is 39.9. The largest absolute Gasteiger partial charge is 0.465 e. The van der Waals surface area contributed by atoms with Crippen LogP contribution in [0.3, 0.4) is 0 Å². The molecule has 5 aliphatic rings. The third-order valence-electron chi connectivity index (χ3n) is 12.6. The number of nitrogens with one attached hydrogen (secondary N) is 4. The molecule has 14 nitrogen and oxygen atoms in total. The van der Waals surface area contributed by atoms with E-state index in [2.05, 4.69) is 44.6 Å². The maximum absolute atomic E-state index is 13.9. The monoisotopic (exact) mass is 772 g/mol. The van der Waals surface area contributed by atoms with Crippen molar-refractivity contribution in [3.8, 4) is 23.1 Å². The van der Waals surface area contributed by atoms with Crippen LogP contribution in [0.1, 0.15) is 99.5 Å². The molecule has 5 N–H and O–H groups in total. The lowest BCUT2D eigenvalue weighted by molar-refractivity contribution is -0.137. The smallest absolute Gasteiger partial charge is 0.407 e. The second-order valence-electron chi connectivity index (χ2n) is 17.1. The predicted octanol–water partition coefficient (Wildman–Crippen LogP) is 5.45. The molecule has 4 aromatic rings. The minimum absolute atomic E-state index is 0.0914. The second-order valence-corrected chi connectivity index (χ2v) is 17.1. The van der Waals surface area contributed by atoms with Crippen LogP contribution in [-0.4, -0.2) is 90.1 Å². The van der Waals surface area contributed by atoms with Gasteiger partial charge < -0.3 is 40.2 Å². The van der Waals surface area contributed by atoms with Gasteiger partial charge in [-0.25, -0.2) is 19.6 Å². The SMILES string of the molecule is COC(=O)N[C@H](C(=O)N1[C@@H]2C[C@H]2C[C@H]1c1nc2c([nH]1)CCc1cc(C#Cc3ccc4nc([C@@H]5C[C@H]6C[C@H]6N5C(=O)[C@@H](NC(=O)O)C(C)C)[nH]c4c3)ccc1-2)C(C)C. The highest BCUT2D eigenvalue weighted by Gasteiger charge is 2.57. The molecule has 8 atom stereocenters. The Morgan fingerprint density at radius 1 is 0.789 bits per heavy atom. The number of hydrogen-bond acceptors (Lipinski definition) is 7. The molecule has 2 saturated carbocycles. The molecule has 57 heavy (non-hydrogen) atoms. The minimum atomic E-state index is -1.20. The quantitative estimate of drug-likeness (QED) is 0.147. The van der Waals surface area contributed by atoms with Gasteiger partial charge in [-0.1, -0.05) is 45.6 Å². The first-order valence-corrected chi connectivity index (χ1v) is 20.1. The van der Waals surface area contributed by atoms with Gasteiger partial charge >= 0.3 is 12.2 Å². The number of methoxy groups -OCH3 is 1. The van der Waals surface area contributed by atoms with Crippen LogP contribution >= 0.6 is 0 Å². The highest BCUT2D eigenvalue weighted by Crippen LogP contribution is 2.55. The van der Waals surface area contributed by atoms with Crippen molar-refractivity contribution < 1.29 is 29.0 Å². The fraction of sp³-hybridized carbons (Fsp3) is 0.488. The average Bonchev–Trinajstić information content (AvgIpc) is 3.84. The summed E-state index contributed by atoms with van der Waals surface area (Å²) < 4.78 is 4.82. The van der Waals surface area contributed by atoms with Crippen molar-refractivity contribution in [1.82, 2.24) is 40.4 Å². The zero-order valence-corrected chi connectivity index (χ0v) is 32.8. The first-order valence-electron chi connectivity index (χ1n) is 20.1. The van der Waals surface area contributed by atoms with Crippen LogP contribution in [0.5, 0.6) is 0 Å². The number of aromatic nitrogens is 4. The molecule has 4 amide bonds. The van der Waals surface area contributed by atoms with Crippen LogP contribution in [0.15, 0.2) is 36.4 Å². The van der Waals surface area contributed by atoms with E-state index in [-0.39, 0.29) is 47.8 Å². The number of aromatic amines is 2. The van der Waals surface area contributed by atoms with E-state index < -0.39 is 24.3 Å². The maximum atomic E-state index is 13.9. The third kappa shape index (κ3) is 6.66. The Morgan fingerprint density at radius 2 is 1.39 bits per heavy atom. The van der Waals surface area contributed by atoms with E-state index in [1.807, 2.05) is 61.8 Å². The lowest BCUT2D eigenvalue weighted by Crippen LogP contribution is -2.52. The Balaban J connectivity index is 0.917. The molecule has 0 spiro atoms. The van der Waals surface area contributed by atoms with Crippen LogP contribution in [0, 0.1) is 35.5 Å². The standard InChI is InChI=1S/C43H48N8O6/c1-20(2)35(48-42(54)55)40(52)50-31-16-25(31)18-33(50)38-44-28-12-9-23(15-30(28)46-38)7-6-22-8-11-27-24(14-22)10-13-29-37(27)47-39(45-29)34-19-26-17-32(26)51(34)41(53)36(21(3)4)49-43(56)57-5/h8-9,11-12,14-15,20-21,25-26,31-36,48H,10,13,16-19H2,1-5H3,(H,44,46)(H,45,47)(H,49,56)(H,54,55)/t25-,26+,31-,32-,33+,34+,35+,36+/m1/s1. The van der Waals surface area contributed by atoms with E-state index in [1.54, 1.807) is 0 Å². The predicted molar refractivity (Wildman–Crippen MR) is 210 cm³/mol. The maximum Gasteiger partial charge on any atom is 0.407 e. The number of likely N-dealkylation sites (tertiary alicyclic amines) is 2. The van der Waals surface area contributed by atoms with Crippen molar-refractivity contribution in [2.75, 3.05) is 7.11 Å². The first-order chi connectivity index (χ1) is 27.4. The van der Waals surface area contributed by atoms with Gasteiger partial charge in [0.1, 0.15) is 23.7 Å². The Hall–Kier alpha value is -5.84. The molecule has 0 radical (unpaired) electrons. The van der Waals surface area contributed by atoms with E-state index in [9.17, 15) is 24.3 Å². The number of rotatable bonds is 8. The van der Waals surface area contributed by atoms with Crippen LogP contribution in [-0.2, 0) is 27.2 Å². The topological polar surface area (TPSA) is 186 Å². The molecule has 3 aliphatic carbocycles. The molecule has 4 heterocycles. The lowest BCUT2D eigenvalue weighted by atomic mass is 9.91. The summed E-state index contributed by atoms with van der Waals surface area (Å²) in [6.07, 6.45) is 3.39. The number of carbonyl (C=O) groups excluding carboxylic acids is 3. The molecule has 0 bridgehead atoms. The normalized spacial score (nSPS) is 24.8. The number of amides is 4. The summed E-state index contributed by atoms with van der Waals surface area (Å²) in [6.45, 7) is 7.55. The number of fused-ring (bicyclic) bond motifs is 6. The average molecular weight is 773 g/mol.